The average molecular weight is 389 g/mol. The molecule has 0 aliphatic carbocycles. The number of fused-ring (bicyclic) bond motifs is 1. The van der Waals surface area contributed by atoms with Crippen molar-refractivity contribution in [3.63, 3.8) is 0 Å². The van der Waals surface area contributed by atoms with Crippen molar-refractivity contribution >= 4 is 29.5 Å². The fourth-order valence-electron chi connectivity index (χ4n) is 3.05. The van der Waals surface area contributed by atoms with Gasteiger partial charge in [-0.15, -0.1) is 11.8 Å². The van der Waals surface area contributed by atoms with Gasteiger partial charge in [-0.2, -0.15) is 0 Å². The van der Waals surface area contributed by atoms with Gasteiger partial charge in [-0.05, 0) is 30.2 Å². The molecular formula is C18H19N3O5S. The molecule has 9 heteroatoms. The molecule has 1 aromatic carbocycles. The lowest BCUT2D eigenvalue weighted by molar-refractivity contribution is -0.150. The third-order valence-electron chi connectivity index (χ3n) is 4.40. The number of phenolic OH excluding ortho intramolecular Hbond substituents is 1. The van der Waals surface area contributed by atoms with Crippen LogP contribution in [0.1, 0.15) is 18.5 Å². The van der Waals surface area contributed by atoms with Crippen molar-refractivity contribution in [3.8, 4) is 5.75 Å². The zero-order chi connectivity index (χ0) is 19.7. The molecule has 8 nitrogen and oxygen atoms in total. The summed E-state index contributed by atoms with van der Waals surface area (Å²) in [5, 5.41) is 20.9. The van der Waals surface area contributed by atoms with Gasteiger partial charge in [0.15, 0.2) is 0 Å². The van der Waals surface area contributed by atoms with Gasteiger partial charge in [0.2, 0.25) is 5.91 Å². The number of hydrogen-bond acceptors (Lipinski definition) is 6. The Hall–Kier alpha value is -2.78. The Bertz CT molecular complexity index is 849. The van der Waals surface area contributed by atoms with Gasteiger partial charge in [0.05, 0.1) is 0 Å². The fourth-order valence-corrected chi connectivity index (χ4v) is 4.37. The summed E-state index contributed by atoms with van der Waals surface area (Å²) in [5.41, 5.74) is 6.93. The van der Waals surface area contributed by atoms with Gasteiger partial charge in [-0.25, -0.2) is 4.79 Å². The maximum atomic E-state index is 12.5. The van der Waals surface area contributed by atoms with Gasteiger partial charge in [-0.3, -0.25) is 14.5 Å². The maximum absolute atomic E-state index is 12.5. The Morgan fingerprint density at radius 2 is 2.04 bits per heavy atom. The minimum atomic E-state index is -1.17. The molecule has 2 aliphatic heterocycles. The number of carboxylic acids is 1. The summed E-state index contributed by atoms with van der Waals surface area (Å²) in [5.74, 6) is -1.71. The van der Waals surface area contributed by atoms with E-state index in [9.17, 15) is 24.6 Å². The second-order valence-corrected chi connectivity index (χ2v) is 7.25. The molecule has 0 saturated carbocycles. The van der Waals surface area contributed by atoms with Gasteiger partial charge in [0.1, 0.15) is 28.9 Å². The molecule has 1 saturated heterocycles. The van der Waals surface area contributed by atoms with E-state index >= 15 is 0 Å². The smallest absolute Gasteiger partial charge is 0.352 e. The van der Waals surface area contributed by atoms with Crippen molar-refractivity contribution in [2.45, 2.75) is 24.4 Å². The minimum Gasteiger partial charge on any atom is -0.508 e. The SMILES string of the molecule is C/C=C/C1=C(C(=O)O)N2C(=O)C(NC(=O)C(N)c3ccc(O)cc3)[C@H]2SC1. The molecule has 2 unspecified atom stereocenters. The number of rotatable bonds is 5. The molecule has 3 rings (SSSR count). The topological polar surface area (TPSA) is 133 Å². The predicted octanol–water partition coefficient (Wildman–Crippen LogP) is 0.707. The predicted molar refractivity (Wildman–Crippen MR) is 99.5 cm³/mol. The lowest BCUT2D eigenvalue weighted by atomic mass is 10.0. The number of carbonyl (C=O) groups is 3. The highest BCUT2D eigenvalue weighted by atomic mass is 32.2. The number of amides is 2. The number of nitrogens with zero attached hydrogens (tertiary/aromatic N) is 1. The molecule has 0 bridgehead atoms. The summed E-state index contributed by atoms with van der Waals surface area (Å²) in [7, 11) is 0. The first-order valence-corrected chi connectivity index (χ1v) is 9.28. The second kappa shape index (κ2) is 7.45. The van der Waals surface area contributed by atoms with E-state index in [1.807, 2.05) is 0 Å². The number of β-lactam (4-membered cyclic amide) rings is 1. The Kier molecular flexibility index (Phi) is 5.24. The van der Waals surface area contributed by atoms with Crippen LogP contribution in [-0.4, -0.2) is 50.1 Å². The molecule has 27 heavy (non-hydrogen) atoms. The third-order valence-corrected chi connectivity index (χ3v) is 5.70. The van der Waals surface area contributed by atoms with Crippen LogP contribution in [0.15, 0.2) is 47.7 Å². The molecular weight excluding hydrogens is 370 g/mol. The number of hydrogen-bond donors (Lipinski definition) is 4. The number of nitrogens with one attached hydrogen (secondary N) is 1. The summed E-state index contributed by atoms with van der Waals surface area (Å²) in [6.45, 7) is 1.77. The van der Waals surface area contributed by atoms with Gasteiger partial charge >= 0.3 is 5.97 Å². The zero-order valence-electron chi connectivity index (χ0n) is 14.5. The van der Waals surface area contributed by atoms with E-state index in [0.29, 0.717) is 16.9 Å². The quantitative estimate of drug-likeness (QED) is 0.545. The molecule has 2 heterocycles. The number of allylic oxidation sites excluding steroid dienone is 2. The fraction of sp³-hybridized carbons (Fsp3) is 0.278. The van der Waals surface area contributed by atoms with Crippen LogP contribution in [0.4, 0.5) is 0 Å². The molecule has 1 fully saturated rings. The number of carbonyl (C=O) groups excluding carboxylic acids is 2. The monoisotopic (exact) mass is 389 g/mol. The zero-order valence-corrected chi connectivity index (χ0v) is 15.3. The number of benzene rings is 1. The van der Waals surface area contributed by atoms with Gasteiger partial charge < -0.3 is 21.3 Å². The Labute approximate surface area is 159 Å². The molecule has 2 aliphatic rings. The molecule has 1 aromatic rings. The number of nitrogens with two attached hydrogens (primary N) is 1. The van der Waals surface area contributed by atoms with E-state index in [2.05, 4.69) is 5.32 Å². The number of phenols is 1. The first-order valence-electron chi connectivity index (χ1n) is 8.24. The van der Waals surface area contributed by atoms with Gasteiger partial charge in [0.25, 0.3) is 5.91 Å². The summed E-state index contributed by atoms with van der Waals surface area (Å²) in [6, 6.07) is 4.06. The standard InChI is InChI=1S/C18H19N3O5S/c1-2-3-10-8-27-17-13(16(24)21(17)14(10)18(25)26)20-15(23)12(19)9-4-6-11(22)7-5-9/h2-7,12-13,17,22H,8,19H2,1H3,(H,20,23)(H,25,26)/b3-2+/t12?,13?,17-/m1/s1. The molecule has 0 aromatic heterocycles. The second-order valence-electron chi connectivity index (χ2n) is 6.14. The number of thioether (sulfide) groups is 1. The minimum absolute atomic E-state index is 0.0461. The first-order chi connectivity index (χ1) is 12.8. The lowest BCUT2D eigenvalue weighted by Gasteiger charge is -2.49. The van der Waals surface area contributed by atoms with E-state index in [4.69, 9.17) is 5.73 Å². The van der Waals surface area contributed by atoms with E-state index in [1.54, 1.807) is 19.1 Å². The van der Waals surface area contributed by atoms with Crippen molar-refractivity contribution in [2.24, 2.45) is 5.73 Å². The summed E-state index contributed by atoms with van der Waals surface area (Å²) < 4.78 is 0. The Balaban J connectivity index is 1.74. The van der Waals surface area contributed by atoms with Crippen molar-refractivity contribution in [2.75, 3.05) is 5.75 Å². The van der Waals surface area contributed by atoms with E-state index in [0.717, 1.165) is 0 Å². The molecule has 142 valence electrons. The largest absolute Gasteiger partial charge is 0.508 e. The van der Waals surface area contributed by atoms with Gasteiger partial charge in [0, 0.05) is 5.75 Å². The van der Waals surface area contributed by atoms with Crippen LogP contribution >= 0.6 is 11.8 Å². The van der Waals surface area contributed by atoms with Crippen molar-refractivity contribution < 1.29 is 24.6 Å². The highest BCUT2D eigenvalue weighted by Gasteiger charge is 2.54. The molecule has 0 radical (unpaired) electrons. The highest BCUT2D eigenvalue weighted by molar-refractivity contribution is 8.00. The van der Waals surface area contributed by atoms with E-state index in [-0.39, 0.29) is 11.4 Å². The van der Waals surface area contributed by atoms with Crippen LogP contribution in [0.2, 0.25) is 0 Å². The molecule has 2 amide bonds. The third kappa shape index (κ3) is 3.43. The summed E-state index contributed by atoms with van der Waals surface area (Å²) >= 11 is 1.39. The lowest BCUT2D eigenvalue weighted by Crippen LogP contribution is -2.71. The van der Waals surface area contributed by atoms with E-state index < -0.39 is 35.2 Å². The Morgan fingerprint density at radius 3 is 2.63 bits per heavy atom. The maximum Gasteiger partial charge on any atom is 0.352 e. The van der Waals surface area contributed by atoms with Crippen molar-refractivity contribution in [1.82, 2.24) is 10.2 Å². The first kappa shape index (κ1) is 19.0. The van der Waals surface area contributed by atoms with Crippen LogP contribution in [0, 0.1) is 0 Å². The van der Waals surface area contributed by atoms with Crippen molar-refractivity contribution in [3.05, 3.63) is 53.3 Å². The normalized spacial score (nSPS) is 23.0. The number of carboxylic acid groups (broad SMARTS) is 1. The number of aromatic hydroxyl groups is 1. The van der Waals surface area contributed by atoms with Crippen LogP contribution in [0.25, 0.3) is 0 Å². The number of aliphatic carboxylic acids is 1. The van der Waals surface area contributed by atoms with Crippen molar-refractivity contribution in [1.29, 1.82) is 0 Å². The molecule has 0 spiro atoms. The highest BCUT2D eigenvalue weighted by Crippen LogP contribution is 2.40. The van der Waals surface area contributed by atoms with Crippen LogP contribution < -0.4 is 11.1 Å². The van der Waals surface area contributed by atoms with E-state index in [1.165, 1.54) is 40.9 Å². The molecule has 5 N–H and O–H groups in total. The molecule has 3 atom stereocenters. The van der Waals surface area contributed by atoms with Crippen LogP contribution in [0.5, 0.6) is 5.75 Å². The van der Waals surface area contributed by atoms with Crippen LogP contribution in [0.3, 0.4) is 0 Å². The average Bonchev–Trinajstić information content (AvgIpc) is 2.65. The van der Waals surface area contributed by atoms with Gasteiger partial charge in [-0.1, -0.05) is 24.3 Å². The van der Waals surface area contributed by atoms with Crippen LogP contribution in [-0.2, 0) is 14.4 Å². The Morgan fingerprint density at radius 1 is 1.37 bits per heavy atom. The summed E-state index contributed by atoms with van der Waals surface area (Å²) in [6.07, 6.45) is 3.39. The summed E-state index contributed by atoms with van der Waals surface area (Å²) in [4.78, 5) is 37.7.